The van der Waals surface area contributed by atoms with Gasteiger partial charge < -0.3 is 10.2 Å². The summed E-state index contributed by atoms with van der Waals surface area (Å²) in [5.41, 5.74) is 1.00. The summed E-state index contributed by atoms with van der Waals surface area (Å²) in [5.74, 6) is -0.0716. The number of halogens is 1. The lowest BCUT2D eigenvalue weighted by molar-refractivity contribution is -0.133. The predicted octanol–water partition coefficient (Wildman–Crippen LogP) is 3.90. The Kier molecular flexibility index (Phi) is 6.30. The molecule has 0 aliphatic heterocycles. The molecule has 1 aromatic heterocycles. The molecule has 0 saturated heterocycles. The van der Waals surface area contributed by atoms with E-state index in [9.17, 15) is 9.18 Å². The van der Waals surface area contributed by atoms with Crippen molar-refractivity contribution in [1.29, 1.82) is 0 Å². The summed E-state index contributed by atoms with van der Waals surface area (Å²) >= 11 is 1.65. The van der Waals surface area contributed by atoms with Gasteiger partial charge in [-0.15, -0.1) is 11.3 Å². The van der Waals surface area contributed by atoms with E-state index in [0.29, 0.717) is 19.5 Å². The van der Waals surface area contributed by atoms with E-state index in [0.717, 1.165) is 15.3 Å². The van der Waals surface area contributed by atoms with Gasteiger partial charge in [0.2, 0.25) is 5.91 Å². The normalized spacial score (nSPS) is 11.0. The Morgan fingerprint density at radius 3 is 2.52 bits per heavy atom. The van der Waals surface area contributed by atoms with Gasteiger partial charge in [-0.2, -0.15) is 0 Å². The quantitative estimate of drug-likeness (QED) is 0.833. The third kappa shape index (κ3) is 4.88. The lowest BCUT2D eigenvalue weighted by Gasteiger charge is -2.26. The summed E-state index contributed by atoms with van der Waals surface area (Å²) in [6.45, 7) is 5.37. The molecule has 0 saturated carbocycles. The Bertz CT molecular complexity index is 637. The zero-order valence-corrected chi connectivity index (χ0v) is 14.6. The summed E-state index contributed by atoms with van der Waals surface area (Å²) in [6, 6.07) is 10.7. The standard InChI is InChI=1S/C18H23FN2OS/c1-13(2)21(18(22)10-11-20-3)12-16-8-9-17(23-16)14-4-6-15(19)7-5-14/h4-9,13,20H,10-12H2,1-3H3. The molecule has 0 atom stereocenters. The fourth-order valence-corrected chi connectivity index (χ4v) is 3.35. The third-order valence-electron chi connectivity index (χ3n) is 3.65. The van der Waals surface area contributed by atoms with Gasteiger partial charge in [-0.05, 0) is 50.7 Å². The van der Waals surface area contributed by atoms with Crippen LogP contribution < -0.4 is 5.32 Å². The molecule has 3 nitrogen and oxygen atoms in total. The summed E-state index contributed by atoms with van der Waals surface area (Å²) in [6.07, 6.45) is 0.505. The number of amides is 1. The molecular formula is C18H23FN2OS. The zero-order valence-electron chi connectivity index (χ0n) is 13.8. The van der Waals surface area contributed by atoms with Crippen LogP contribution in [0.15, 0.2) is 36.4 Å². The molecule has 0 aliphatic carbocycles. The van der Waals surface area contributed by atoms with E-state index in [-0.39, 0.29) is 17.8 Å². The largest absolute Gasteiger partial charge is 0.335 e. The number of benzene rings is 1. The highest BCUT2D eigenvalue weighted by Gasteiger charge is 2.17. The van der Waals surface area contributed by atoms with Crippen LogP contribution in [0.5, 0.6) is 0 Å². The van der Waals surface area contributed by atoms with Crippen LogP contribution in [0.25, 0.3) is 10.4 Å². The number of nitrogens with zero attached hydrogens (tertiary/aromatic N) is 1. The van der Waals surface area contributed by atoms with Crippen molar-refractivity contribution in [2.75, 3.05) is 13.6 Å². The minimum absolute atomic E-state index is 0.158. The second-order valence-corrected chi connectivity index (χ2v) is 6.91. The maximum absolute atomic E-state index is 13.0. The van der Waals surface area contributed by atoms with E-state index >= 15 is 0 Å². The first-order chi connectivity index (χ1) is 11.0. The number of nitrogens with one attached hydrogen (secondary N) is 1. The van der Waals surface area contributed by atoms with Crippen molar-refractivity contribution in [3.05, 3.63) is 47.1 Å². The van der Waals surface area contributed by atoms with Crippen molar-refractivity contribution < 1.29 is 9.18 Å². The number of thiophene rings is 1. The maximum atomic E-state index is 13.0. The summed E-state index contributed by atoms with van der Waals surface area (Å²) in [5, 5.41) is 3.01. The minimum atomic E-state index is -0.230. The van der Waals surface area contributed by atoms with Crippen LogP contribution in [0.2, 0.25) is 0 Å². The number of carbonyl (C=O) groups excluding carboxylic acids is 1. The minimum Gasteiger partial charge on any atom is -0.335 e. The van der Waals surface area contributed by atoms with Crippen LogP contribution in [-0.2, 0) is 11.3 Å². The molecule has 0 fully saturated rings. The van der Waals surface area contributed by atoms with E-state index in [1.165, 1.54) is 12.1 Å². The van der Waals surface area contributed by atoms with Crippen molar-refractivity contribution in [3.63, 3.8) is 0 Å². The molecule has 2 aromatic rings. The van der Waals surface area contributed by atoms with Crippen molar-refractivity contribution in [2.24, 2.45) is 0 Å². The Hall–Kier alpha value is -1.72. The molecular weight excluding hydrogens is 311 g/mol. The van der Waals surface area contributed by atoms with Gasteiger partial charge in [0, 0.05) is 28.8 Å². The smallest absolute Gasteiger partial charge is 0.224 e. The Labute approximate surface area is 141 Å². The van der Waals surface area contributed by atoms with E-state index < -0.39 is 0 Å². The molecule has 23 heavy (non-hydrogen) atoms. The molecule has 0 aliphatic rings. The molecule has 0 bridgehead atoms. The lowest BCUT2D eigenvalue weighted by atomic mass is 10.2. The van der Waals surface area contributed by atoms with Crippen molar-refractivity contribution in [2.45, 2.75) is 32.9 Å². The molecule has 1 amide bonds. The molecule has 0 radical (unpaired) electrons. The monoisotopic (exact) mass is 334 g/mol. The van der Waals surface area contributed by atoms with Gasteiger partial charge in [-0.25, -0.2) is 4.39 Å². The topological polar surface area (TPSA) is 32.3 Å². The second kappa shape index (κ2) is 8.22. The van der Waals surface area contributed by atoms with Crippen LogP contribution >= 0.6 is 11.3 Å². The summed E-state index contributed by atoms with van der Waals surface area (Å²) < 4.78 is 13.0. The van der Waals surface area contributed by atoms with E-state index in [2.05, 4.69) is 5.32 Å². The van der Waals surface area contributed by atoms with E-state index in [4.69, 9.17) is 0 Å². The Morgan fingerprint density at radius 1 is 1.22 bits per heavy atom. The number of carbonyl (C=O) groups is 1. The zero-order chi connectivity index (χ0) is 16.8. The van der Waals surface area contributed by atoms with Gasteiger partial charge in [-0.3, -0.25) is 4.79 Å². The van der Waals surface area contributed by atoms with Crippen LogP contribution in [0.3, 0.4) is 0 Å². The third-order valence-corrected chi connectivity index (χ3v) is 4.77. The molecule has 1 N–H and O–H groups in total. The Morgan fingerprint density at radius 2 is 1.91 bits per heavy atom. The highest BCUT2D eigenvalue weighted by atomic mass is 32.1. The van der Waals surface area contributed by atoms with Gasteiger partial charge in [0.05, 0.1) is 6.54 Å². The number of hydrogen-bond acceptors (Lipinski definition) is 3. The Balaban J connectivity index is 2.09. The van der Waals surface area contributed by atoms with Crippen molar-refractivity contribution >= 4 is 17.2 Å². The highest BCUT2D eigenvalue weighted by Crippen LogP contribution is 2.29. The SMILES string of the molecule is CNCCC(=O)N(Cc1ccc(-c2ccc(F)cc2)s1)C(C)C. The van der Waals surface area contributed by atoms with Crippen LogP contribution in [0, 0.1) is 5.82 Å². The van der Waals surface area contributed by atoms with Gasteiger partial charge in [0.25, 0.3) is 0 Å². The summed E-state index contributed by atoms with van der Waals surface area (Å²) in [4.78, 5) is 16.4. The van der Waals surface area contributed by atoms with E-state index in [1.54, 1.807) is 23.5 Å². The fourth-order valence-electron chi connectivity index (χ4n) is 2.33. The fraction of sp³-hybridized carbons (Fsp3) is 0.389. The van der Waals surface area contributed by atoms with Crippen LogP contribution in [-0.4, -0.2) is 30.4 Å². The van der Waals surface area contributed by atoms with Gasteiger partial charge in [0.1, 0.15) is 5.82 Å². The highest BCUT2D eigenvalue weighted by molar-refractivity contribution is 7.15. The van der Waals surface area contributed by atoms with E-state index in [1.807, 2.05) is 37.9 Å². The first-order valence-corrected chi connectivity index (χ1v) is 8.61. The average Bonchev–Trinajstić information content (AvgIpc) is 2.99. The molecule has 1 aromatic carbocycles. The second-order valence-electron chi connectivity index (χ2n) is 5.74. The molecule has 5 heteroatoms. The first kappa shape index (κ1) is 17.6. The molecule has 0 spiro atoms. The van der Waals surface area contributed by atoms with Crippen molar-refractivity contribution in [3.8, 4) is 10.4 Å². The number of hydrogen-bond donors (Lipinski definition) is 1. The summed E-state index contributed by atoms with van der Waals surface area (Å²) in [7, 11) is 1.85. The molecule has 2 rings (SSSR count). The van der Waals surface area contributed by atoms with Crippen LogP contribution in [0.4, 0.5) is 4.39 Å². The maximum Gasteiger partial charge on any atom is 0.224 e. The van der Waals surface area contributed by atoms with Gasteiger partial charge in [0.15, 0.2) is 0 Å². The molecule has 0 unspecified atom stereocenters. The number of rotatable bonds is 7. The average molecular weight is 334 g/mol. The lowest BCUT2D eigenvalue weighted by Crippen LogP contribution is -2.37. The van der Waals surface area contributed by atoms with Gasteiger partial charge >= 0.3 is 0 Å². The van der Waals surface area contributed by atoms with Crippen LogP contribution in [0.1, 0.15) is 25.1 Å². The first-order valence-electron chi connectivity index (χ1n) is 7.80. The molecule has 1 heterocycles. The molecule has 124 valence electrons. The van der Waals surface area contributed by atoms with Crippen molar-refractivity contribution in [1.82, 2.24) is 10.2 Å². The predicted molar refractivity (Wildman–Crippen MR) is 93.9 cm³/mol. The van der Waals surface area contributed by atoms with Gasteiger partial charge in [-0.1, -0.05) is 12.1 Å².